The van der Waals surface area contributed by atoms with Crippen LogP contribution in [0.4, 0.5) is 0 Å². The van der Waals surface area contributed by atoms with E-state index in [2.05, 4.69) is 15.5 Å². The second-order valence-electron chi connectivity index (χ2n) is 7.20. The number of halogens is 1. The van der Waals surface area contributed by atoms with Crippen molar-refractivity contribution in [2.45, 2.75) is 30.6 Å². The molecule has 1 aromatic rings. The first-order valence-electron chi connectivity index (χ1n) is 9.84. The Balaban J connectivity index is 0.00000280. The van der Waals surface area contributed by atoms with Crippen molar-refractivity contribution in [1.29, 1.82) is 0 Å². The molecule has 158 valence electrons. The molecule has 0 bridgehead atoms. The summed E-state index contributed by atoms with van der Waals surface area (Å²) in [7, 11) is -3.36. The second kappa shape index (κ2) is 11.1. The van der Waals surface area contributed by atoms with E-state index in [4.69, 9.17) is 0 Å². The number of rotatable bonds is 8. The van der Waals surface area contributed by atoms with Crippen LogP contribution in [0.5, 0.6) is 0 Å². The van der Waals surface area contributed by atoms with E-state index in [0.29, 0.717) is 37.4 Å². The fourth-order valence-corrected chi connectivity index (χ4v) is 5.06. The van der Waals surface area contributed by atoms with Crippen LogP contribution in [0, 0.1) is 0 Å². The molecular formula is C19H31ClN4O3S. The third-order valence-corrected chi connectivity index (χ3v) is 7.14. The summed E-state index contributed by atoms with van der Waals surface area (Å²) in [5.41, 5.74) is 0.979. The van der Waals surface area contributed by atoms with Gasteiger partial charge in [-0.1, -0.05) is 12.1 Å². The summed E-state index contributed by atoms with van der Waals surface area (Å²) in [6, 6.07) is 6.95. The van der Waals surface area contributed by atoms with Gasteiger partial charge in [-0.25, -0.2) is 8.42 Å². The van der Waals surface area contributed by atoms with Crippen LogP contribution >= 0.6 is 12.4 Å². The maximum Gasteiger partial charge on any atom is 0.243 e. The number of carbonyl (C=O) groups is 1. The summed E-state index contributed by atoms with van der Waals surface area (Å²) < 4.78 is 26.6. The predicted molar refractivity (Wildman–Crippen MR) is 112 cm³/mol. The monoisotopic (exact) mass is 430 g/mol. The average molecular weight is 431 g/mol. The van der Waals surface area contributed by atoms with Gasteiger partial charge < -0.3 is 10.6 Å². The van der Waals surface area contributed by atoms with E-state index >= 15 is 0 Å². The Morgan fingerprint density at radius 1 is 1.04 bits per heavy atom. The van der Waals surface area contributed by atoms with Gasteiger partial charge >= 0.3 is 0 Å². The third kappa shape index (κ3) is 6.42. The molecule has 2 saturated heterocycles. The number of amides is 1. The smallest absolute Gasteiger partial charge is 0.243 e. The standard InChI is InChI=1S/C19H30N4O3S.ClH/c24-19(21-11-16-22-14-9-20-10-15-22)8-5-17-3-6-18(7-4-17)27(25,26)23-12-1-2-13-23;/h3-4,6-7,20H,1-2,5,8-16H2,(H,21,24);1H. The van der Waals surface area contributed by atoms with Crippen molar-refractivity contribution in [3.63, 3.8) is 0 Å². The lowest BCUT2D eigenvalue weighted by molar-refractivity contribution is -0.121. The number of nitrogens with zero attached hydrogens (tertiary/aromatic N) is 2. The molecule has 2 N–H and O–H groups in total. The van der Waals surface area contributed by atoms with E-state index in [9.17, 15) is 13.2 Å². The van der Waals surface area contributed by atoms with Gasteiger partial charge in [0, 0.05) is 58.8 Å². The van der Waals surface area contributed by atoms with Crippen LogP contribution in [0.1, 0.15) is 24.8 Å². The predicted octanol–water partition coefficient (Wildman–Crippen LogP) is 0.847. The van der Waals surface area contributed by atoms with Crippen LogP contribution in [0.3, 0.4) is 0 Å². The van der Waals surface area contributed by atoms with Crippen molar-refractivity contribution in [1.82, 2.24) is 19.8 Å². The molecule has 0 spiro atoms. The van der Waals surface area contributed by atoms with E-state index in [1.807, 2.05) is 12.1 Å². The zero-order valence-electron chi connectivity index (χ0n) is 16.2. The third-order valence-electron chi connectivity index (χ3n) is 5.23. The van der Waals surface area contributed by atoms with Crippen molar-refractivity contribution >= 4 is 28.3 Å². The number of benzene rings is 1. The molecule has 3 rings (SSSR count). The maximum atomic E-state index is 12.5. The summed E-state index contributed by atoms with van der Waals surface area (Å²) in [5, 5.41) is 6.28. The van der Waals surface area contributed by atoms with Gasteiger partial charge in [-0.2, -0.15) is 4.31 Å². The zero-order valence-corrected chi connectivity index (χ0v) is 17.9. The van der Waals surface area contributed by atoms with E-state index in [0.717, 1.165) is 51.1 Å². The largest absolute Gasteiger partial charge is 0.355 e. The number of carbonyl (C=O) groups excluding carboxylic acids is 1. The topological polar surface area (TPSA) is 81.8 Å². The highest BCUT2D eigenvalue weighted by molar-refractivity contribution is 7.89. The molecule has 0 aromatic heterocycles. The average Bonchev–Trinajstić information content (AvgIpc) is 3.23. The molecule has 0 saturated carbocycles. The Hall–Kier alpha value is -1.19. The first kappa shape index (κ1) is 23.1. The Bertz CT molecular complexity index is 715. The highest BCUT2D eigenvalue weighted by Gasteiger charge is 2.26. The van der Waals surface area contributed by atoms with Crippen LogP contribution < -0.4 is 10.6 Å². The van der Waals surface area contributed by atoms with Crippen LogP contribution in [-0.2, 0) is 21.2 Å². The summed E-state index contributed by atoms with van der Waals surface area (Å²) in [6.45, 7) is 6.86. The van der Waals surface area contributed by atoms with E-state index in [1.54, 1.807) is 16.4 Å². The van der Waals surface area contributed by atoms with Crippen molar-refractivity contribution in [2.24, 2.45) is 0 Å². The first-order chi connectivity index (χ1) is 13.1. The SMILES string of the molecule is Cl.O=C(CCc1ccc(S(=O)(=O)N2CCCC2)cc1)NCCN1CCNCC1. The molecule has 2 heterocycles. The number of nitrogens with one attached hydrogen (secondary N) is 2. The Morgan fingerprint density at radius 3 is 2.32 bits per heavy atom. The fourth-order valence-electron chi connectivity index (χ4n) is 3.54. The summed E-state index contributed by atoms with van der Waals surface area (Å²) >= 11 is 0. The number of aryl methyl sites for hydroxylation is 1. The maximum absolute atomic E-state index is 12.5. The lowest BCUT2D eigenvalue weighted by Crippen LogP contribution is -2.46. The Labute approximate surface area is 174 Å². The van der Waals surface area contributed by atoms with Crippen molar-refractivity contribution in [2.75, 3.05) is 52.4 Å². The molecule has 2 aliphatic rings. The number of hydrogen-bond donors (Lipinski definition) is 2. The highest BCUT2D eigenvalue weighted by atomic mass is 35.5. The molecule has 0 aliphatic carbocycles. The minimum Gasteiger partial charge on any atom is -0.355 e. The second-order valence-corrected chi connectivity index (χ2v) is 9.13. The van der Waals surface area contributed by atoms with Gasteiger partial charge in [0.05, 0.1) is 4.90 Å². The van der Waals surface area contributed by atoms with Crippen LogP contribution in [0.15, 0.2) is 29.2 Å². The highest BCUT2D eigenvalue weighted by Crippen LogP contribution is 2.21. The summed E-state index contributed by atoms with van der Waals surface area (Å²) in [6.07, 6.45) is 2.89. The van der Waals surface area contributed by atoms with Crippen molar-refractivity contribution in [3.8, 4) is 0 Å². The molecule has 0 unspecified atom stereocenters. The Morgan fingerprint density at radius 2 is 1.68 bits per heavy atom. The molecule has 1 aromatic carbocycles. The van der Waals surface area contributed by atoms with Gasteiger partial charge in [-0.15, -0.1) is 12.4 Å². The van der Waals surface area contributed by atoms with Gasteiger partial charge in [0.2, 0.25) is 15.9 Å². The lowest BCUT2D eigenvalue weighted by atomic mass is 10.1. The number of piperazine rings is 1. The molecule has 28 heavy (non-hydrogen) atoms. The van der Waals surface area contributed by atoms with E-state index in [1.165, 1.54) is 0 Å². The van der Waals surface area contributed by atoms with Gasteiger partial charge in [-0.3, -0.25) is 9.69 Å². The quantitative estimate of drug-likeness (QED) is 0.639. The van der Waals surface area contributed by atoms with Gasteiger partial charge in [0.25, 0.3) is 0 Å². The summed E-state index contributed by atoms with van der Waals surface area (Å²) in [4.78, 5) is 14.7. The molecule has 1 amide bonds. The molecular weight excluding hydrogens is 400 g/mol. The first-order valence-corrected chi connectivity index (χ1v) is 11.3. The number of hydrogen-bond acceptors (Lipinski definition) is 5. The normalized spacial score (nSPS) is 18.6. The minimum absolute atomic E-state index is 0. The van der Waals surface area contributed by atoms with Crippen molar-refractivity contribution in [3.05, 3.63) is 29.8 Å². The summed E-state index contributed by atoms with van der Waals surface area (Å²) in [5.74, 6) is 0.0406. The van der Waals surface area contributed by atoms with Crippen molar-refractivity contribution < 1.29 is 13.2 Å². The van der Waals surface area contributed by atoms with Crippen LogP contribution in [0.25, 0.3) is 0 Å². The minimum atomic E-state index is -3.36. The zero-order chi connectivity index (χ0) is 19.1. The molecule has 0 atom stereocenters. The van der Waals surface area contributed by atoms with Gasteiger partial charge in [0.15, 0.2) is 0 Å². The fraction of sp³-hybridized carbons (Fsp3) is 0.632. The van der Waals surface area contributed by atoms with Crippen LogP contribution in [0.2, 0.25) is 0 Å². The Kier molecular flexibility index (Phi) is 9.17. The molecule has 2 aliphatic heterocycles. The lowest BCUT2D eigenvalue weighted by Gasteiger charge is -2.27. The molecule has 9 heteroatoms. The van der Waals surface area contributed by atoms with Gasteiger partial charge in [-0.05, 0) is 37.0 Å². The van der Waals surface area contributed by atoms with Gasteiger partial charge in [0.1, 0.15) is 0 Å². The van der Waals surface area contributed by atoms with E-state index < -0.39 is 10.0 Å². The van der Waals surface area contributed by atoms with E-state index in [-0.39, 0.29) is 18.3 Å². The van der Waals surface area contributed by atoms with Crippen LogP contribution in [-0.4, -0.2) is 75.9 Å². The molecule has 7 nitrogen and oxygen atoms in total. The molecule has 0 radical (unpaired) electrons. The number of sulfonamides is 1. The molecule has 2 fully saturated rings.